The minimum atomic E-state index is -0.120. The van der Waals surface area contributed by atoms with Crippen LogP contribution >= 0.6 is 0 Å². The molecule has 4 aromatic rings. The molecule has 1 amide bonds. The number of terminal acetylenes is 1. The molecule has 0 saturated carbocycles. The van der Waals surface area contributed by atoms with Gasteiger partial charge in [0.2, 0.25) is 0 Å². The number of hydrogen-bond donors (Lipinski definition) is 1. The lowest BCUT2D eigenvalue weighted by Crippen LogP contribution is -2.30. The number of rotatable bonds is 4. The average molecular weight is 452 g/mol. The van der Waals surface area contributed by atoms with E-state index in [4.69, 9.17) is 16.9 Å². The maximum atomic E-state index is 14.0. The number of hydrogen-bond acceptors (Lipinski definition) is 5. The van der Waals surface area contributed by atoms with Crippen LogP contribution in [-0.2, 0) is 24.9 Å². The van der Waals surface area contributed by atoms with E-state index < -0.39 is 0 Å². The second kappa shape index (κ2) is 8.32. The highest BCUT2D eigenvalue weighted by Gasteiger charge is 2.28. The third-order valence-corrected chi connectivity index (χ3v) is 6.33. The fourth-order valence-corrected chi connectivity index (χ4v) is 4.51. The number of nitrogens with zero attached hydrogens (tertiary/aromatic N) is 4. The lowest BCUT2D eigenvalue weighted by atomic mass is 9.97. The molecule has 2 N–H and O–H groups in total. The van der Waals surface area contributed by atoms with Gasteiger partial charge in [0.25, 0.3) is 5.91 Å². The Hall–Kier alpha value is -4.15. The standard InChI is InChI=1S/C27H25N5O2/c1-5-18-6-8-19(9-7-18)13-32(20-12-29-31(4)14-20)27(33)21-11-22-23-15-34-17(3)25(23)26(28)30-24(22)10-16(21)2/h1,6-12,14,17H,13,15H2,2-4H3,(H2,28,30). The molecule has 1 aliphatic heterocycles. The molecule has 1 atom stereocenters. The summed E-state index contributed by atoms with van der Waals surface area (Å²) in [6.45, 7) is 4.71. The Balaban J connectivity index is 1.60. The molecule has 1 aliphatic rings. The average Bonchev–Trinajstić information content (AvgIpc) is 3.43. The molecular formula is C27H25N5O2. The molecule has 2 aromatic heterocycles. The minimum absolute atomic E-state index is 0.119. The van der Waals surface area contributed by atoms with Crippen molar-refractivity contribution < 1.29 is 9.53 Å². The van der Waals surface area contributed by atoms with Gasteiger partial charge in [-0.2, -0.15) is 5.10 Å². The Kier molecular flexibility index (Phi) is 5.31. The first kappa shape index (κ1) is 21.7. The first-order chi connectivity index (χ1) is 16.4. The lowest BCUT2D eigenvalue weighted by molar-refractivity contribution is 0.0801. The fourth-order valence-electron chi connectivity index (χ4n) is 4.51. The maximum Gasteiger partial charge on any atom is 0.258 e. The van der Waals surface area contributed by atoms with Gasteiger partial charge in [0.05, 0.1) is 36.7 Å². The lowest BCUT2D eigenvalue weighted by Gasteiger charge is -2.23. The number of nitrogens with two attached hydrogens (primary N) is 1. The number of amides is 1. The molecule has 34 heavy (non-hydrogen) atoms. The van der Waals surface area contributed by atoms with Gasteiger partial charge in [-0.15, -0.1) is 6.42 Å². The topological polar surface area (TPSA) is 86.3 Å². The zero-order chi connectivity index (χ0) is 24.0. The quantitative estimate of drug-likeness (QED) is 0.468. The number of nitrogen functional groups attached to an aromatic ring is 1. The molecule has 3 heterocycles. The molecule has 170 valence electrons. The van der Waals surface area contributed by atoms with Gasteiger partial charge in [0.1, 0.15) is 5.82 Å². The Morgan fingerprint density at radius 2 is 2.09 bits per heavy atom. The number of fused-ring (bicyclic) bond motifs is 3. The summed E-state index contributed by atoms with van der Waals surface area (Å²) in [7, 11) is 1.83. The van der Waals surface area contributed by atoms with Crippen molar-refractivity contribution in [3.05, 3.63) is 82.2 Å². The predicted molar refractivity (Wildman–Crippen MR) is 132 cm³/mol. The van der Waals surface area contributed by atoms with E-state index in [1.807, 2.05) is 63.5 Å². The molecule has 7 heteroatoms. The van der Waals surface area contributed by atoms with Crippen LogP contribution in [0.3, 0.4) is 0 Å². The highest BCUT2D eigenvalue weighted by molar-refractivity contribution is 6.09. The number of carbonyl (C=O) groups excluding carboxylic acids is 1. The molecular weight excluding hydrogens is 426 g/mol. The second-order valence-corrected chi connectivity index (χ2v) is 8.63. The molecule has 1 unspecified atom stereocenters. The van der Waals surface area contributed by atoms with Crippen molar-refractivity contribution in [2.24, 2.45) is 7.05 Å². The molecule has 7 nitrogen and oxygen atoms in total. The maximum absolute atomic E-state index is 14.0. The van der Waals surface area contributed by atoms with Gasteiger partial charge >= 0.3 is 0 Å². The van der Waals surface area contributed by atoms with E-state index >= 15 is 0 Å². The van der Waals surface area contributed by atoms with Gasteiger partial charge in [0.15, 0.2) is 0 Å². The van der Waals surface area contributed by atoms with Gasteiger partial charge < -0.3 is 15.4 Å². The van der Waals surface area contributed by atoms with Gasteiger partial charge in [-0.25, -0.2) is 4.98 Å². The third kappa shape index (κ3) is 3.68. The highest BCUT2D eigenvalue weighted by atomic mass is 16.5. The van der Waals surface area contributed by atoms with Crippen LogP contribution in [-0.4, -0.2) is 20.7 Å². The van der Waals surface area contributed by atoms with E-state index in [0.29, 0.717) is 30.2 Å². The summed E-state index contributed by atoms with van der Waals surface area (Å²) in [5, 5.41) is 5.17. The number of benzene rings is 2. The second-order valence-electron chi connectivity index (χ2n) is 8.63. The number of carbonyl (C=O) groups is 1. The number of aryl methyl sites for hydroxylation is 2. The SMILES string of the molecule is C#Cc1ccc(CN(C(=O)c2cc3c4c(c(N)nc3cc2C)C(C)OC4)c2cnn(C)c2)cc1. The molecule has 2 aromatic carbocycles. The van der Waals surface area contributed by atoms with E-state index in [0.717, 1.165) is 38.7 Å². The largest absolute Gasteiger partial charge is 0.383 e. The van der Waals surface area contributed by atoms with Crippen LogP contribution in [0.15, 0.2) is 48.8 Å². The van der Waals surface area contributed by atoms with Crippen LogP contribution in [0.2, 0.25) is 0 Å². The summed E-state index contributed by atoms with van der Waals surface area (Å²) in [5.41, 5.74) is 12.8. The van der Waals surface area contributed by atoms with E-state index in [1.165, 1.54) is 0 Å². The zero-order valence-electron chi connectivity index (χ0n) is 19.4. The van der Waals surface area contributed by atoms with Crippen LogP contribution in [0.5, 0.6) is 0 Å². The number of ether oxygens (including phenoxy) is 1. The molecule has 0 fully saturated rings. The summed E-state index contributed by atoms with van der Waals surface area (Å²) >= 11 is 0. The number of anilines is 2. The molecule has 0 radical (unpaired) electrons. The summed E-state index contributed by atoms with van der Waals surface area (Å²) in [5.74, 6) is 2.99. The van der Waals surface area contributed by atoms with Crippen molar-refractivity contribution in [1.82, 2.24) is 14.8 Å². The highest BCUT2D eigenvalue weighted by Crippen LogP contribution is 2.39. The van der Waals surface area contributed by atoms with Gasteiger partial charge in [-0.05, 0) is 54.8 Å². The summed E-state index contributed by atoms with van der Waals surface area (Å²) in [4.78, 5) is 20.3. The van der Waals surface area contributed by atoms with E-state index in [2.05, 4.69) is 16.0 Å². The molecule has 5 rings (SSSR count). The van der Waals surface area contributed by atoms with Crippen molar-refractivity contribution in [2.45, 2.75) is 33.1 Å². The van der Waals surface area contributed by atoms with Gasteiger partial charge in [-0.1, -0.05) is 18.1 Å². The fraction of sp³-hybridized carbons (Fsp3) is 0.222. The molecule has 0 aliphatic carbocycles. The van der Waals surface area contributed by atoms with Crippen molar-refractivity contribution in [3.63, 3.8) is 0 Å². The Labute approximate surface area is 198 Å². The summed E-state index contributed by atoms with van der Waals surface area (Å²) < 4.78 is 7.50. The predicted octanol–water partition coefficient (Wildman–Crippen LogP) is 4.28. The first-order valence-electron chi connectivity index (χ1n) is 11.1. The molecule has 0 spiro atoms. The van der Waals surface area contributed by atoms with Gasteiger partial charge in [-0.3, -0.25) is 9.48 Å². The Morgan fingerprint density at radius 3 is 2.76 bits per heavy atom. The normalized spacial score (nSPS) is 14.7. The Morgan fingerprint density at radius 1 is 1.32 bits per heavy atom. The number of aromatic nitrogens is 3. The smallest absolute Gasteiger partial charge is 0.258 e. The van der Waals surface area contributed by atoms with Gasteiger partial charge in [0, 0.05) is 35.3 Å². The molecule has 0 saturated heterocycles. The summed E-state index contributed by atoms with van der Waals surface area (Å²) in [6.07, 6.45) is 8.90. The van der Waals surface area contributed by atoms with Crippen molar-refractivity contribution in [2.75, 3.05) is 10.6 Å². The van der Waals surface area contributed by atoms with Crippen molar-refractivity contribution in [3.8, 4) is 12.3 Å². The monoisotopic (exact) mass is 451 g/mol. The van der Waals surface area contributed by atoms with Crippen LogP contribution in [0.25, 0.3) is 10.9 Å². The number of pyridine rings is 1. The minimum Gasteiger partial charge on any atom is -0.383 e. The molecule has 0 bridgehead atoms. The van der Waals surface area contributed by atoms with E-state index in [9.17, 15) is 4.79 Å². The zero-order valence-corrected chi connectivity index (χ0v) is 19.4. The first-order valence-corrected chi connectivity index (χ1v) is 11.1. The van der Waals surface area contributed by atoms with E-state index in [-0.39, 0.29) is 12.0 Å². The summed E-state index contributed by atoms with van der Waals surface area (Å²) in [6, 6.07) is 11.5. The van der Waals surface area contributed by atoms with Crippen LogP contribution in [0.1, 0.15) is 51.2 Å². The Bertz CT molecular complexity index is 1460. The van der Waals surface area contributed by atoms with Crippen LogP contribution in [0.4, 0.5) is 11.5 Å². The van der Waals surface area contributed by atoms with E-state index in [1.54, 1.807) is 15.8 Å². The third-order valence-electron chi connectivity index (χ3n) is 6.33. The van der Waals surface area contributed by atoms with Crippen molar-refractivity contribution in [1.29, 1.82) is 0 Å². The van der Waals surface area contributed by atoms with Crippen LogP contribution < -0.4 is 10.6 Å². The van der Waals surface area contributed by atoms with Crippen LogP contribution in [0, 0.1) is 19.3 Å². The van der Waals surface area contributed by atoms with Crippen molar-refractivity contribution >= 4 is 28.3 Å².